The van der Waals surface area contributed by atoms with Crippen LogP contribution in [0.3, 0.4) is 0 Å². The number of hydrogen-bond acceptors (Lipinski definition) is 1. The molecule has 0 radical (unpaired) electrons. The molecule has 4 atom stereocenters. The van der Waals surface area contributed by atoms with E-state index in [0.717, 1.165) is 0 Å². The van der Waals surface area contributed by atoms with E-state index in [1.54, 1.807) is 0 Å². The molecule has 148 valence electrons. The largest absolute Gasteiger partial charge is 0.390 e. The Morgan fingerprint density at radius 2 is 1.04 bits per heavy atom. The molecule has 0 saturated heterocycles. The molecule has 2 fully saturated rings. The molecule has 4 unspecified atom stereocenters. The molecular weight excluding hydrogens is 376 g/mol. The summed E-state index contributed by atoms with van der Waals surface area (Å²) in [5, 5.41) is 0. The Morgan fingerprint density at radius 3 is 1.32 bits per heavy atom. The van der Waals surface area contributed by atoms with Crippen LogP contribution in [0.15, 0.2) is 0 Å². The first-order valence-electron chi connectivity index (χ1n) is 8.49. The Morgan fingerprint density at radius 1 is 0.680 bits per heavy atom. The zero-order valence-electron chi connectivity index (χ0n) is 13.7. The number of halogens is 8. The minimum Gasteiger partial charge on any atom is -0.246 e. The molecule has 0 N–H and O–H groups in total. The second kappa shape index (κ2) is 7.43. The van der Waals surface area contributed by atoms with Crippen molar-refractivity contribution in [3.63, 3.8) is 0 Å². The SMILES string of the molecule is FC1CCCCC1(CC(F)(F)F)SC1(CC(F)(F)F)CCCCC1F. The van der Waals surface area contributed by atoms with Gasteiger partial charge in [0.1, 0.15) is 12.3 Å². The zero-order valence-corrected chi connectivity index (χ0v) is 14.5. The molecule has 0 aromatic carbocycles. The average Bonchev–Trinajstić information content (AvgIpc) is 2.42. The normalized spacial score (nSPS) is 37.9. The smallest absolute Gasteiger partial charge is 0.246 e. The Balaban J connectivity index is 2.37. The van der Waals surface area contributed by atoms with Crippen molar-refractivity contribution in [1.82, 2.24) is 0 Å². The van der Waals surface area contributed by atoms with Crippen molar-refractivity contribution in [1.29, 1.82) is 0 Å². The Hall–Kier alpha value is -0.210. The third kappa shape index (κ3) is 5.39. The highest BCUT2D eigenvalue weighted by atomic mass is 32.2. The molecule has 0 aliphatic heterocycles. The molecule has 0 aromatic heterocycles. The molecule has 0 nitrogen and oxygen atoms in total. The minimum absolute atomic E-state index is 0.123. The monoisotopic (exact) mass is 398 g/mol. The molecule has 0 amide bonds. The van der Waals surface area contributed by atoms with E-state index < -0.39 is 47.0 Å². The lowest BCUT2D eigenvalue weighted by molar-refractivity contribution is -0.149. The number of thioether (sulfide) groups is 1. The summed E-state index contributed by atoms with van der Waals surface area (Å²) in [6.45, 7) is 0. The molecule has 2 rings (SSSR count). The second-order valence-corrected chi connectivity index (χ2v) is 9.07. The van der Waals surface area contributed by atoms with Gasteiger partial charge in [0.05, 0.1) is 22.3 Å². The maximum atomic E-state index is 14.6. The lowest BCUT2D eigenvalue weighted by Gasteiger charge is -2.49. The highest BCUT2D eigenvalue weighted by Crippen LogP contribution is 2.59. The van der Waals surface area contributed by atoms with Gasteiger partial charge in [0, 0.05) is 0 Å². The molecule has 0 aromatic rings. The summed E-state index contributed by atoms with van der Waals surface area (Å²) in [7, 11) is 0. The van der Waals surface area contributed by atoms with E-state index in [-0.39, 0.29) is 25.7 Å². The second-order valence-electron chi connectivity index (χ2n) is 7.24. The van der Waals surface area contributed by atoms with Gasteiger partial charge >= 0.3 is 12.4 Å². The number of rotatable bonds is 4. The van der Waals surface area contributed by atoms with Crippen LogP contribution in [0.2, 0.25) is 0 Å². The summed E-state index contributed by atoms with van der Waals surface area (Å²) in [5.74, 6) is 0. The first-order chi connectivity index (χ1) is 11.4. The van der Waals surface area contributed by atoms with Crippen LogP contribution in [0.4, 0.5) is 35.1 Å². The van der Waals surface area contributed by atoms with Gasteiger partial charge in [-0.05, 0) is 25.7 Å². The van der Waals surface area contributed by atoms with Crippen LogP contribution in [0, 0.1) is 0 Å². The van der Waals surface area contributed by atoms with E-state index in [9.17, 15) is 35.1 Å². The fourth-order valence-electron chi connectivity index (χ4n) is 4.12. The van der Waals surface area contributed by atoms with Crippen molar-refractivity contribution < 1.29 is 35.1 Å². The van der Waals surface area contributed by atoms with Gasteiger partial charge in [-0.15, -0.1) is 11.8 Å². The van der Waals surface area contributed by atoms with E-state index >= 15 is 0 Å². The summed E-state index contributed by atoms with van der Waals surface area (Å²) in [4.78, 5) is 0. The molecule has 0 bridgehead atoms. The molecule has 25 heavy (non-hydrogen) atoms. The van der Waals surface area contributed by atoms with E-state index in [0.29, 0.717) is 37.4 Å². The Labute approximate surface area is 146 Å². The minimum atomic E-state index is -4.71. The van der Waals surface area contributed by atoms with E-state index in [1.807, 2.05) is 0 Å². The predicted octanol–water partition coefficient (Wildman–Crippen LogP) is 6.93. The fourth-order valence-corrected chi connectivity index (χ4v) is 6.38. The van der Waals surface area contributed by atoms with Crippen LogP contribution >= 0.6 is 11.8 Å². The van der Waals surface area contributed by atoms with Crippen molar-refractivity contribution >= 4 is 11.8 Å². The van der Waals surface area contributed by atoms with Crippen molar-refractivity contribution in [3.8, 4) is 0 Å². The van der Waals surface area contributed by atoms with Gasteiger partial charge < -0.3 is 0 Å². The standard InChI is InChI=1S/C16H22F8S/c17-11-5-1-3-7-13(11,9-15(19,20)21)25-14(10-16(22,23)24)8-4-2-6-12(14)18/h11-12H,1-10H2. The van der Waals surface area contributed by atoms with E-state index in [2.05, 4.69) is 0 Å². The van der Waals surface area contributed by atoms with E-state index in [4.69, 9.17) is 0 Å². The lowest BCUT2D eigenvalue weighted by atomic mass is 9.83. The Bertz CT molecular complexity index is 408. The third-order valence-corrected chi connectivity index (χ3v) is 7.18. The van der Waals surface area contributed by atoms with Gasteiger partial charge in [0.2, 0.25) is 0 Å². The van der Waals surface area contributed by atoms with Gasteiger partial charge in [-0.25, -0.2) is 8.78 Å². The van der Waals surface area contributed by atoms with Crippen LogP contribution in [0.25, 0.3) is 0 Å². The van der Waals surface area contributed by atoms with Crippen molar-refractivity contribution in [2.24, 2.45) is 0 Å². The number of hydrogen-bond donors (Lipinski definition) is 0. The molecule has 2 saturated carbocycles. The summed E-state index contributed by atoms with van der Waals surface area (Å²) in [6, 6.07) is 0. The van der Waals surface area contributed by atoms with Crippen LogP contribution in [0.5, 0.6) is 0 Å². The highest BCUT2D eigenvalue weighted by Gasteiger charge is 2.58. The van der Waals surface area contributed by atoms with Crippen molar-refractivity contribution in [2.75, 3.05) is 0 Å². The van der Waals surface area contributed by atoms with E-state index in [1.165, 1.54) is 0 Å². The fraction of sp³-hybridized carbons (Fsp3) is 1.00. The summed E-state index contributed by atoms with van der Waals surface area (Å²) in [6.07, 6.45) is -15.4. The van der Waals surface area contributed by atoms with Gasteiger partial charge in [-0.1, -0.05) is 25.7 Å². The first-order valence-corrected chi connectivity index (χ1v) is 9.31. The third-order valence-electron chi connectivity index (χ3n) is 5.16. The van der Waals surface area contributed by atoms with Crippen LogP contribution in [-0.2, 0) is 0 Å². The average molecular weight is 398 g/mol. The van der Waals surface area contributed by atoms with Gasteiger partial charge in [0.15, 0.2) is 0 Å². The Kier molecular flexibility index (Phi) is 6.27. The molecule has 0 spiro atoms. The maximum absolute atomic E-state index is 14.6. The topological polar surface area (TPSA) is 0 Å². The maximum Gasteiger partial charge on any atom is 0.390 e. The summed E-state index contributed by atoms with van der Waals surface area (Å²) in [5.41, 5.74) is 0. The first kappa shape index (κ1) is 21.1. The van der Waals surface area contributed by atoms with Crippen LogP contribution in [-0.4, -0.2) is 34.2 Å². The van der Waals surface area contributed by atoms with Crippen LogP contribution in [0.1, 0.15) is 64.2 Å². The number of alkyl halides is 8. The molecule has 2 aliphatic carbocycles. The summed E-state index contributed by atoms with van der Waals surface area (Å²) >= 11 is 0.316. The van der Waals surface area contributed by atoms with Crippen molar-refractivity contribution in [2.45, 2.75) is 98.4 Å². The molecule has 0 heterocycles. The summed E-state index contributed by atoms with van der Waals surface area (Å²) < 4.78 is 104. The van der Waals surface area contributed by atoms with Crippen LogP contribution < -0.4 is 0 Å². The van der Waals surface area contributed by atoms with Gasteiger partial charge in [0.25, 0.3) is 0 Å². The lowest BCUT2D eigenvalue weighted by Crippen LogP contribution is -2.52. The highest BCUT2D eigenvalue weighted by molar-refractivity contribution is 8.02. The zero-order chi connectivity index (χ0) is 18.9. The van der Waals surface area contributed by atoms with Gasteiger partial charge in [-0.3, -0.25) is 0 Å². The van der Waals surface area contributed by atoms with Crippen molar-refractivity contribution in [3.05, 3.63) is 0 Å². The molecular formula is C16H22F8S. The predicted molar refractivity (Wildman–Crippen MR) is 81.1 cm³/mol. The molecule has 2 aliphatic rings. The quantitative estimate of drug-likeness (QED) is 0.463. The molecule has 9 heteroatoms. The van der Waals surface area contributed by atoms with Gasteiger partial charge in [-0.2, -0.15) is 26.3 Å².